The van der Waals surface area contributed by atoms with Gasteiger partial charge in [0.15, 0.2) is 6.54 Å². The molecule has 23 heavy (non-hydrogen) atoms. The van der Waals surface area contributed by atoms with Crippen molar-refractivity contribution in [3.63, 3.8) is 0 Å². The molecule has 0 fully saturated rings. The number of benzene rings is 2. The lowest BCUT2D eigenvalue weighted by atomic mass is 10.1. The molecule has 0 radical (unpaired) electrons. The Labute approximate surface area is 147 Å². The van der Waals surface area contributed by atoms with Crippen molar-refractivity contribution in [2.24, 2.45) is 0 Å². The molecule has 2 rings (SSSR count). The molecule has 3 nitrogen and oxygen atoms in total. The molecule has 1 amide bonds. The first kappa shape index (κ1) is 17.8. The van der Waals surface area contributed by atoms with Crippen LogP contribution in [0.4, 0.5) is 0 Å². The van der Waals surface area contributed by atoms with Gasteiger partial charge >= 0.3 is 0 Å². The van der Waals surface area contributed by atoms with Gasteiger partial charge in [0.1, 0.15) is 6.04 Å². The molecule has 2 aromatic rings. The van der Waals surface area contributed by atoms with Crippen LogP contribution >= 0.6 is 23.2 Å². The Hall–Kier alpha value is -1.55. The summed E-state index contributed by atoms with van der Waals surface area (Å²) < 4.78 is 0. The molecule has 2 aromatic carbocycles. The van der Waals surface area contributed by atoms with Crippen molar-refractivity contribution < 1.29 is 10.1 Å². The highest BCUT2D eigenvalue weighted by Gasteiger charge is 2.13. The molecule has 0 aliphatic heterocycles. The van der Waals surface area contributed by atoms with Gasteiger partial charge in [-0.1, -0.05) is 53.5 Å². The van der Waals surface area contributed by atoms with Gasteiger partial charge in [0.2, 0.25) is 0 Å². The van der Waals surface area contributed by atoms with E-state index in [4.69, 9.17) is 23.2 Å². The Bertz CT molecular complexity index is 661. The van der Waals surface area contributed by atoms with E-state index in [1.165, 1.54) is 0 Å². The van der Waals surface area contributed by atoms with Gasteiger partial charge in [0, 0.05) is 22.2 Å². The Kier molecular flexibility index (Phi) is 6.90. The van der Waals surface area contributed by atoms with E-state index in [0.29, 0.717) is 13.1 Å². The molecule has 0 aliphatic carbocycles. The SMILES string of the molecule is C[C@@H]([NH2+]CC(=O)NCCc1cccc(Cl)c1)c1ccccc1Cl. The Morgan fingerprint density at radius 1 is 1.17 bits per heavy atom. The van der Waals surface area contributed by atoms with Crippen LogP contribution in [0.2, 0.25) is 10.0 Å². The molecule has 3 N–H and O–H groups in total. The third-order valence-electron chi connectivity index (χ3n) is 3.68. The number of quaternary nitrogens is 1. The van der Waals surface area contributed by atoms with E-state index in [9.17, 15) is 4.79 Å². The topological polar surface area (TPSA) is 45.7 Å². The monoisotopic (exact) mass is 351 g/mol. The maximum Gasteiger partial charge on any atom is 0.275 e. The second-order valence-corrected chi connectivity index (χ2v) is 6.32. The van der Waals surface area contributed by atoms with E-state index in [0.717, 1.165) is 27.6 Å². The van der Waals surface area contributed by atoms with Crippen LogP contribution in [-0.4, -0.2) is 19.0 Å². The fourth-order valence-corrected chi connectivity index (χ4v) is 2.89. The van der Waals surface area contributed by atoms with Crippen LogP contribution in [-0.2, 0) is 11.2 Å². The highest BCUT2D eigenvalue weighted by atomic mass is 35.5. The minimum absolute atomic E-state index is 0.0194. The summed E-state index contributed by atoms with van der Waals surface area (Å²) in [5.74, 6) is 0.0194. The predicted molar refractivity (Wildman–Crippen MR) is 94.8 cm³/mol. The summed E-state index contributed by atoms with van der Waals surface area (Å²) in [5, 5.41) is 6.36. The number of nitrogens with two attached hydrogens (primary N) is 1. The summed E-state index contributed by atoms with van der Waals surface area (Å²) in [5.41, 5.74) is 2.16. The van der Waals surface area contributed by atoms with Crippen LogP contribution in [0.3, 0.4) is 0 Å². The van der Waals surface area contributed by atoms with Crippen molar-refractivity contribution >= 4 is 29.1 Å². The van der Waals surface area contributed by atoms with Crippen LogP contribution in [0, 0.1) is 0 Å². The van der Waals surface area contributed by atoms with Crippen LogP contribution < -0.4 is 10.6 Å². The summed E-state index contributed by atoms with van der Waals surface area (Å²) in [4.78, 5) is 11.9. The summed E-state index contributed by atoms with van der Waals surface area (Å²) >= 11 is 12.1. The highest BCUT2D eigenvalue weighted by Crippen LogP contribution is 2.19. The average Bonchev–Trinajstić information content (AvgIpc) is 2.53. The molecule has 5 heteroatoms. The quantitative estimate of drug-likeness (QED) is 0.791. The molecule has 0 spiro atoms. The molecule has 0 aliphatic rings. The molecular weight excluding hydrogens is 331 g/mol. The lowest BCUT2D eigenvalue weighted by Gasteiger charge is -2.12. The van der Waals surface area contributed by atoms with Gasteiger partial charge in [-0.2, -0.15) is 0 Å². The van der Waals surface area contributed by atoms with Crippen molar-refractivity contribution in [2.45, 2.75) is 19.4 Å². The third-order valence-corrected chi connectivity index (χ3v) is 4.26. The number of halogens is 2. The first-order valence-corrected chi connectivity index (χ1v) is 8.41. The zero-order valence-corrected chi connectivity index (χ0v) is 14.6. The number of carbonyl (C=O) groups excluding carboxylic acids is 1. The molecule has 0 unspecified atom stereocenters. The molecule has 0 aromatic heterocycles. The number of hydrogen-bond acceptors (Lipinski definition) is 1. The van der Waals surface area contributed by atoms with Crippen molar-refractivity contribution in [1.29, 1.82) is 0 Å². The van der Waals surface area contributed by atoms with Crippen molar-refractivity contribution in [3.05, 3.63) is 69.7 Å². The first-order chi connectivity index (χ1) is 11.1. The second kappa shape index (κ2) is 8.92. The average molecular weight is 352 g/mol. The highest BCUT2D eigenvalue weighted by molar-refractivity contribution is 6.31. The fourth-order valence-electron chi connectivity index (χ4n) is 2.37. The van der Waals surface area contributed by atoms with E-state index in [2.05, 4.69) is 5.32 Å². The summed E-state index contributed by atoms with van der Waals surface area (Å²) in [6.07, 6.45) is 0.770. The second-order valence-electron chi connectivity index (χ2n) is 5.48. The number of rotatable bonds is 7. The number of hydrogen-bond donors (Lipinski definition) is 2. The molecule has 0 saturated carbocycles. The first-order valence-electron chi connectivity index (χ1n) is 7.65. The zero-order chi connectivity index (χ0) is 16.7. The fraction of sp³-hybridized carbons (Fsp3) is 0.278. The van der Waals surface area contributed by atoms with Gasteiger partial charge in [-0.05, 0) is 37.1 Å². The van der Waals surface area contributed by atoms with Crippen molar-refractivity contribution in [1.82, 2.24) is 5.32 Å². The van der Waals surface area contributed by atoms with Crippen LogP contribution in [0.5, 0.6) is 0 Å². The van der Waals surface area contributed by atoms with Crippen LogP contribution in [0.25, 0.3) is 0 Å². The summed E-state index contributed by atoms with van der Waals surface area (Å²) in [7, 11) is 0. The smallest absolute Gasteiger partial charge is 0.275 e. The number of nitrogens with one attached hydrogen (secondary N) is 1. The molecular formula is C18H21Cl2N2O+. The lowest BCUT2D eigenvalue weighted by molar-refractivity contribution is -0.682. The van der Waals surface area contributed by atoms with Crippen LogP contribution in [0.1, 0.15) is 24.1 Å². The maximum atomic E-state index is 11.9. The van der Waals surface area contributed by atoms with Crippen molar-refractivity contribution in [3.8, 4) is 0 Å². The van der Waals surface area contributed by atoms with Gasteiger partial charge in [-0.25, -0.2) is 0 Å². The molecule has 0 bridgehead atoms. The normalized spacial score (nSPS) is 12.0. The number of carbonyl (C=O) groups is 1. The Balaban J connectivity index is 1.72. The van der Waals surface area contributed by atoms with E-state index in [1.54, 1.807) is 0 Å². The zero-order valence-electron chi connectivity index (χ0n) is 13.1. The van der Waals surface area contributed by atoms with Gasteiger partial charge in [-0.15, -0.1) is 0 Å². The maximum absolute atomic E-state index is 11.9. The summed E-state index contributed by atoms with van der Waals surface area (Å²) in [6, 6.07) is 15.5. The lowest BCUT2D eigenvalue weighted by Crippen LogP contribution is -2.87. The van der Waals surface area contributed by atoms with Crippen molar-refractivity contribution in [2.75, 3.05) is 13.1 Å². The predicted octanol–water partition coefficient (Wildman–Crippen LogP) is 2.98. The van der Waals surface area contributed by atoms with Gasteiger partial charge in [0.05, 0.1) is 0 Å². The van der Waals surface area contributed by atoms with Gasteiger partial charge < -0.3 is 10.6 Å². The van der Waals surface area contributed by atoms with Crippen LogP contribution in [0.15, 0.2) is 48.5 Å². The third kappa shape index (κ3) is 5.87. The van der Waals surface area contributed by atoms with E-state index in [-0.39, 0.29) is 11.9 Å². The minimum Gasteiger partial charge on any atom is -0.351 e. The number of amides is 1. The molecule has 0 saturated heterocycles. The minimum atomic E-state index is 0.0194. The van der Waals surface area contributed by atoms with Gasteiger partial charge in [-0.3, -0.25) is 4.79 Å². The largest absolute Gasteiger partial charge is 0.351 e. The Morgan fingerprint density at radius 3 is 2.70 bits per heavy atom. The van der Waals surface area contributed by atoms with E-state index >= 15 is 0 Å². The molecule has 0 heterocycles. The summed E-state index contributed by atoms with van der Waals surface area (Å²) in [6.45, 7) is 3.02. The Morgan fingerprint density at radius 2 is 1.96 bits per heavy atom. The van der Waals surface area contributed by atoms with E-state index in [1.807, 2.05) is 60.8 Å². The molecule has 122 valence electrons. The standard InChI is InChI=1S/C18H20Cl2N2O/c1-13(16-7-2-3-8-17(16)20)22-12-18(23)21-10-9-14-5-4-6-15(19)11-14/h2-8,11,13,22H,9-10,12H2,1H3,(H,21,23)/p+1/t13-/m1/s1. The molecule has 1 atom stereocenters. The van der Waals surface area contributed by atoms with E-state index < -0.39 is 0 Å². The van der Waals surface area contributed by atoms with Gasteiger partial charge in [0.25, 0.3) is 5.91 Å².